The standard InChI is InChI=1S/C24H42O6/c1-9-13-15-19(11-3)21(25)27-29-23(5,6)17-18-24(7,8)30-28-22(26)20(12-4)16-14-10-2/h19-20H,9-16H2,1-8H3. The first-order valence-electron chi connectivity index (χ1n) is 11.3. The van der Waals surface area contributed by atoms with Crippen LogP contribution in [0.5, 0.6) is 0 Å². The first kappa shape index (κ1) is 28.4. The Hall–Kier alpha value is -1.58. The zero-order valence-corrected chi connectivity index (χ0v) is 20.3. The lowest BCUT2D eigenvalue weighted by Gasteiger charge is -2.21. The van der Waals surface area contributed by atoms with Crippen LogP contribution >= 0.6 is 0 Å². The van der Waals surface area contributed by atoms with Crippen LogP contribution in [0, 0.1) is 23.7 Å². The van der Waals surface area contributed by atoms with Crippen molar-refractivity contribution < 1.29 is 29.1 Å². The first-order valence-corrected chi connectivity index (χ1v) is 11.3. The molecular weight excluding hydrogens is 384 g/mol. The van der Waals surface area contributed by atoms with Crippen LogP contribution in [0.4, 0.5) is 0 Å². The van der Waals surface area contributed by atoms with Gasteiger partial charge in [0.05, 0.1) is 11.8 Å². The molecule has 0 N–H and O–H groups in total. The SMILES string of the molecule is CCCCC(CC)C(=O)OOC(C)(C)C#CC(C)(C)OOC(=O)C(CC)CCCC. The van der Waals surface area contributed by atoms with Gasteiger partial charge in [0.15, 0.2) is 11.2 Å². The molecule has 0 aromatic carbocycles. The highest BCUT2D eigenvalue weighted by Crippen LogP contribution is 2.19. The summed E-state index contributed by atoms with van der Waals surface area (Å²) in [5.41, 5.74) is -2.06. The van der Waals surface area contributed by atoms with Gasteiger partial charge in [0, 0.05) is 0 Å². The fourth-order valence-electron chi connectivity index (χ4n) is 2.65. The zero-order valence-electron chi connectivity index (χ0n) is 20.3. The van der Waals surface area contributed by atoms with E-state index in [1.165, 1.54) is 0 Å². The molecule has 0 heterocycles. The van der Waals surface area contributed by atoms with Gasteiger partial charge in [-0.25, -0.2) is 9.59 Å². The Labute approximate surface area is 183 Å². The van der Waals surface area contributed by atoms with Crippen molar-refractivity contribution in [2.75, 3.05) is 0 Å². The normalized spacial score (nSPS) is 13.7. The Morgan fingerprint density at radius 1 is 0.700 bits per heavy atom. The van der Waals surface area contributed by atoms with E-state index in [0.717, 1.165) is 38.5 Å². The molecule has 2 atom stereocenters. The van der Waals surface area contributed by atoms with Crippen molar-refractivity contribution in [3.63, 3.8) is 0 Å². The van der Waals surface area contributed by atoms with Crippen LogP contribution in [-0.4, -0.2) is 23.1 Å². The van der Waals surface area contributed by atoms with Gasteiger partial charge in [0.25, 0.3) is 0 Å². The van der Waals surface area contributed by atoms with E-state index >= 15 is 0 Å². The van der Waals surface area contributed by atoms with E-state index in [1.54, 1.807) is 27.7 Å². The molecule has 0 rings (SSSR count). The van der Waals surface area contributed by atoms with Gasteiger partial charge in [-0.15, -0.1) is 0 Å². The number of hydrogen-bond donors (Lipinski definition) is 0. The van der Waals surface area contributed by atoms with Crippen LogP contribution in [0.2, 0.25) is 0 Å². The molecule has 0 saturated carbocycles. The maximum Gasteiger partial charge on any atom is 0.345 e. The molecule has 174 valence electrons. The minimum Gasteiger partial charge on any atom is -0.297 e. The summed E-state index contributed by atoms with van der Waals surface area (Å²) in [6, 6.07) is 0. The monoisotopic (exact) mass is 426 g/mol. The molecule has 0 fully saturated rings. The highest BCUT2D eigenvalue weighted by atomic mass is 17.2. The van der Waals surface area contributed by atoms with E-state index in [-0.39, 0.29) is 23.8 Å². The van der Waals surface area contributed by atoms with Gasteiger partial charge in [-0.3, -0.25) is 9.78 Å². The predicted molar refractivity (Wildman–Crippen MR) is 117 cm³/mol. The second-order valence-electron chi connectivity index (χ2n) is 8.74. The van der Waals surface area contributed by atoms with E-state index in [4.69, 9.17) is 19.6 Å². The Morgan fingerprint density at radius 3 is 1.30 bits per heavy atom. The Morgan fingerprint density at radius 2 is 1.03 bits per heavy atom. The molecule has 0 spiro atoms. The molecule has 0 bridgehead atoms. The van der Waals surface area contributed by atoms with Gasteiger partial charge in [-0.2, -0.15) is 9.78 Å². The van der Waals surface area contributed by atoms with Crippen LogP contribution in [-0.2, 0) is 29.1 Å². The lowest BCUT2D eigenvalue weighted by molar-refractivity contribution is -0.316. The van der Waals surface area contributed by atoms with Crippen LogP contribution in [0.1, 0.15) is 107 Å². The fourth-order valence-corrected chi connectivity index (χ4v) is 2.65. The van der Waals surface area contributed by atoms with Crippen molar-refractivity contribution in [2.45, 2.75) is 118 Å². The van der Waals surface area contributed by atoms with Gasteiger partial charge in [-0.1, -0.05) is 65.2 Å². The summed E-state index contributed by atoms with van der Waals surface area (Å²) in [6.45, 7) is 14.9. The molecule has 6 heteroatoms. The first-order chi connectivity index (χ1) is 14.0. The lowest BCUT2D eigenvalue weighted by Crippen LogP contribution is -2.30. The molecule has 0 aromatic rings. The van der Waals surface area contributed by atoms with Crippen LogP contribution in [0.15, 0.2) is 0 Å². The number of rotatable bonds is 14. The van der Waals surface area contributed by atoms with Gasteiger partial charge in [-0.05, 0) is 53.4 Å². The third-order valence-corrected chi connectivity index (χ3v) is 4.79. The Kier molecular flexibility index (Phi) is 13.7. The fraction of sp³-hybridized carbons (Fsp3) is 0.833. The number of carbonyl (C=O) groups excluding carboxylic acids is 2. The smallest absolute Gasteiger partial charge is 0.297 e. The zero-order chi connectivity index (χ0) is 23.2. The largest absolute Gasteiger partial charge is 0.345 e. The third kappa shape index (κ3) is 12.2. The summed E-state index contributed by atoms with van der Waals surface area (Å²) < 4.78 is 0. The van der Waals surface area contributed by atoms with Crippen LogP contribution < -0.4 is 0 Å². The van der Waals surface area contributed by atoms with Gasteiger partial charge >= 0.3 is 11.9 Å². The number of carbonyl (C=O) groups is 2. The van der Waals surface area contributed by atoms with Crippen molar-refractivity contribution in [3.8, 4) is 11.8 Å². The summed E-state index contributed by atoms with van der Waals surface area (Å²) in [7, 11) is 0. The summed E-state index contributed by atoms with van der Waals surface area (Å²) in [5.74, 6) is 4.69. The van der Waals surface area contributed by atoms with Crippen molar-refractivity contribution in [1.29, 1.82) is 0 Å². The molecule has 6 nitrogen and oxygen atoms in total. The minimum atomic E-state index is -1.03. The summed E-state index contributed by atoms with van der Waals surface area (Å²) in [6.07, 6.45) is 6.97. The summed E-state index contributed by atoms with van der Waals surface area (Å²) >= 11 is 0. The molecule has 30 heavy (non-hydrogen) atoms. The predicted octanol–water partition coefficient (Wildman–Crippen LogP) is 5.93. The van der Waals surface area contributed by atoms with Gasteiger partial charge < -0.3 is 0 Å². The second kappa shape index (κ2) is 14.4. The lowest BCUT2D eigenvalue weighted by atomic mass is 10.00. The van der Waals surface area contributed by atoms with Crippen LogP contribution in [0.3, 0.4) is 0 Å². The highest BCUT2D eigenvalue weighted by Gasteiger charge is 2.27. The van der Waals surface area contributed by atoms with E-state index < -0.39 is 11.2 Å². The van der Waals surface area contributed by atoms with Crippen molar-refractivity contribution in [1.82, 2.24) is 0 Å². The molecule has 2 unspecified atom stereocenters. The third-order valence-electron chi connectivity index (χ3n) is 4.79. The maximum absolute atomic E-state index is 12.2. The molecular formula is C24H42O6. The van der Waals surface area contributed by atoms with Crippen molar-refractivity contribution in [2.24, 2.45) is 11.8 Å². The number of hydrogen-bond acceptors (Lipinski definition) is 6. The topological polar surface area (TPSA) is 71.1 Å². The average Bonchev–Trinajstić information content (AvgIpc) is 2.70. The van der Waals surface area contributed by atoms with E-state index in [1.807, 2.05) is 13.8 Å². The average molecular weight is 427 g/mol. The summed E-state index contributed by atoms with van der Waals surface area (Å²) in [4.78, 5) is 45.0. The molecule has 0 aliphatic carbocycles. The highest BCUT2D eigenvalue weighted by molar-refractivity contribution is 5.72. The Bertz CT molecular complexity index is 522. The van der Waals surface area contributed by atoms with Crippen LogP contribution in [0.25, 0.3) is 0 Å². The van der Waals surface area contributed by atoms with Crippen molar-refractivity contribution >= 4 is 11.9 Å². The molecule has 0 aliphatic heterocycles. The molecule has 0 radical (unpaired) electrons. The van der Waals surface area contributed by atoms with E-state index in [9.17, 15) is 9.59 Å². The quantitative estimate of drug-likeness (QED) is 0.195. The molecule has 0 aliphatic rings. The van der Waals surface area contributed by atoms with Crippen molar-refractivity contribution in [3.05, 3.63) is 0 Å². The van der Waals surface area contributed by atoms with Gasteiger partial charge in [0.2, 0.25) is 0 Å². The Balaban J connectivity index is 4.73. The minimum absolute atomic E-state index is 0.174. The molecule has 0 amide bonds. The van der Waals surface area contributed by atoms with Gasteiger partial charge in [0.1, 0.15) is 0 Å². The van der Waals surface area contributed by atoms with E-state index in [0.29, 0.717) is 12.8 Å². The second-order valence-corrected chi connectivity index (χ2v) is 8.74. The molecule has 0 aromatic heterocycles. The molecule has 0 saturated heterocycles. The van der Waals surface area contributed by atoms with E-state index in [2.05, 4.69) is 25.7 Å². The maximum atomic E-state index is 12.2. The summed E-state index contributed by atoms with van der Waals surface area (Å²) in [5, 5.41) is 0. The number of unbranched alkanes of at least 4 members (excludes halogenated alkanes) is 2.